The maximum atomic E-state index is 5.59. The molecular formula is C17H28N2. The van der Waals surface area contributed by atoms with Crippen LogP contribution in [0.25, 0.3) is 0 Å². The van der Waals surface area contributed by atoms with Crippen molar-refractivity contribution in [3.8, 4) is 0 Å². The van der Waals surface area contributed by atoms with Gasteiger partial charge in [-0.05, 0) is 43.5 Å². The van der Waals surface area contributed by atoms with Crippen LogP contribution in [-0.4, -0.2) is 24.0 Å². The van der Waals surface area contributed by atoms with Crippen molar-refractivity contribution in [1.82, 2.24) is 4.90 Å². The molecular weight excluding hydrogens is 232 g/mol. The number of nitrogens with zero attached hydrogens (tertiary/aromatic N) is 1. The summed E-state index contributed by atoms with van der Waals surface area (Å²) in [5, 5.41) is 0. The number of nitrogens with two attached hydrogens (primary N) is 1. The van der Waals surface area contributed by atoms with Crippen LogP contribution < -0.4 is 5.73 Å². The van der Waals surface area contributed by atoms with E-state index in [2.05, 4.69) is 36.1 Å². The zero-order valence-electron chi connectivity index (χ0n) is 12.3. The van der Waals surface area contributed by atoms with Gasteiger partial charge in [0, 0.05) is 12.6 Å². The molecule has 19 heavy (non-hydrogen) atoms. The van der Waals surface area contributed by atoms with E-state index in [1.807, 2.05) is 0 Å². The molecule has 1 fully saturated rings. The van der Waals surface area contributed by atoms with E-state index < -0.39 is 0 Å². The van der Waals surface area contributed by atoms with Crippen LogP contribution in [0, 0.1) is 0 Å². The van der Waals surface area contributed by atoms with Crippen LogP contribution in [0.1, 0.15) is 50.2 Å². The van der Waals surface area contributed by atoms with Gasteiger partial charge in [-0.3, -0.25) is 4.90 Å². The number of rotatable bonds is 6. The fourth-order valence-electron chi connectivity index (χ4n) is 3.16. The summed E-state index contributed by atoms with van der Waals surface area (Å²) in [5.74, 6) is 0. The first-order chi connectivity index (χ1) is 9.33. The summed E-state index contributed by atoms with van der Waals surface area (Å²) in [7, 11) is 0. The van der Waals surface area contributed by atoms with Gasteiger partial charge in [0.15, 0.2) is 0 Å². The molecule has 2 N–H and O–H groups in total. The lowest BCUT2D eigenvalue weighted by molar-refractivity contribution is 0.156. The minimum Gasteiger partial charge on any atom is -0.330 e. The molecule has 2 nitrogen and oxygen atoms in total. The highest BCUT2D eigenvalue weighted by Gasteiger charge is 2.19. The number of benzene rings is 1. The van der Waals surface area contributed by atoms with Gasteiger partial charge >= 0.3 is 0 Å². The molecule has 0 spiro atoms. The van der Waals surface area contributed by atoms with E-state index in [1.165, 1.54) is 43.2 Å². The molecule has 0 bridgehead atoms. The molecule has 106 valence electrons. The Kier molecular flexibility index (Phi) is 5.87. The first kappa shape index (κ1) is 14.5. The Morgan fingerprint density at radius 1 is 1.05 bits per heavy atom. The van der Waals surface area contributed by atoms with E-state index in [1.54, 1.807) is 0 Å². The third kappa shape index (κ3) is 4.32. The third-order valence-electron chi connectivity index (χ3n) is 4.34. The van der Waals surface area contributed by atoms with Crippen molar-refractivity contribution in [2.45, 2.75) is 58.0 Å². The predicted molar refractivity (Wildman–Crippen MR) is 82.2 cm³/mol. The van der Waals surface area contributed by atoms with Crippen molar-refractivity contribution in [3.63, 3.8) is 0 Å². The minimum absolute atomic E-state index is 0.739. The van der Waals surface area contributed by atoms with Gasteiger partial charge in [0.1, 0.15) is 0 Å². The molecule has 0 unspecified atom stereocenters. The van der Waals surface area contributed by atoms with Crippen LogP contribution in [0.5, 0.6) is 0 Å². The molecule has 0 aromatic heterocycles. The standard InChI is InChI=1S/C17H28N2/c1-2-19(17-6-4-3-5-7-17)14-16-10-8-15(9-11-16)12-13-18/h8-11,17H,2-7,12-14,18H2,1H3. The van der Waals surface area contributed by atoms with Gasteiger partial charge in [0.25, 0.3) is 0 Å². The molecule has 1 aliphatic rings. The molecule has 2 heteroatoms. The maximum absolute atomic E-state index is 5.59. The summed E-state index contributed by atoms with van der Waals surface area (Å²) >= 11 is 0. The molecule has 0 aliphatic heterocycles. The molecule has 0 heterocycles. The van der Waals surface area contributed by atoms with Crippen molar-refractivity contribution in [2.75, 3.05) is 13.1 Å². The lowest BCUT2D eigenvalue weighted by Gasteiger charge is -2.33. The highest BCUT2D eigenvalue weighted by molar-refractivity contribution is 5.22. The maximum Gasteiger partial charge on any atom is 0.0236 e. The number of hydrogen-bond donors (Lipinski definition) is 1. The van der Waals surface area contributed by atoms with Crippen molar-refractivity contribution < 1.29 is 0 Å². The van der Waals surface area contributed by atoms with Gasteiger partial charge in [-0.1, -0.05) is 50.5 Å². The highest BCUT2D eigenvalue weighted by Crippen LogP contribution is 2.23. The Morgan fingerprint density at radius 2 is 1.68 bits per heavy atom. The molecule has 1 saturated carbocycles. The molecule has 1 aromatic rings. The van der Waals surface area contributed by atoms with Crippen LogP contribution in [0.15, 0.2) is 24.3 Å². The van der Waals surface area contributed by atoms with Crippen LogP contribution in [0.4, 0.5) is 0 Å². The molecule has 2 rings (SSSR count). The molecule has 0 radical (unpaired) electrons. The second-order valence-electron chi connectivity index (χ2n) is 5.71. The normalized spacial score (nSPS) is 17.0. The Labute approximate surface area is 118 Å². The van der Waals surface area contributed by atoms with E-state index in [0.29, 0.717) is 0 Å². The van der Waals surface area contributed by atoms with E-state index in [-0.39, 0.29) is 0 Å². The predicted octanol–water partition coefficient (Wildman–Crippen LogP) is 3.34. The van der Waals surface area contributed by atoms with Gasteiger partial charge in [-0.2, -0.15) is 0 Å². The number of hydrogen-bond acceptors (Lipinski definition) is 2. The monoisotopic (exact) mass is 260 g/mol. The van der Waals surface area contributed by atoms with Crippen molar-refractivity contribution >= 4 is 0 Å². The third-order valence-corrected chi connectivity index (χ3v) is 4.34. The van der Waals surface area contributed by atoms with Crippen molar-refractivity contribution in [2.24, 2.45) is 5.73 Å². The molecule has 1 aromatic carbocycles. The van der Waals surface area contributed by atoms with Gasteiger partial charge < -0.3 is 5.73 Å². The topological polar surface area (TPSA) is 29.3 Å². The van der Waals surface area contributed by atoms with Gasteiger partial charge in [-0.25, -0.2) is 0 Å². The van der Waals surface area contributed by atoms with Crippen molar-refractivity contribution in [3.05, 3.63) is 35.4 Å². The SMILES string of the molecule is CCN(Cc1ccc(CCN)cc1)C1CCCCC1. The molecule has 0 amide bonds. The average molecular weight is 260 g/mol. The zero-order valence-corrected chi connectivity index (χ0v) is 12.3. The smallest absolute Gasteiger partial charge is 0.0236 e. The fourth-order valence-corrected chi connectivity index (χ4v) is 3.16. The summed E-state index contributed by atoms with van der Waals surface area (Å²) in [6.45, 7) is 5.29. The van der Waals surface area contributed by atoms with E-state index in [4.69, 9.17) is 5.73 Å². The van der Waals surface area contributed by atoms with Gasteiger partial charge in [0.2, 0.25) is 0 Å². The van der Waals surface area contributed by atoms with Crippen LogP contribution in [0.3, 0.4) is 0 Å². The zero-order chi connectivity index (χ0) is 13.5. The molecule has 0 atom stereocenters. The lowest BCUT2D eigenvalue weighted by Crippen LogP contribution is -2.36. The summed E-state index contributed by atoms with van der Waals surface area (Å²) in [4.78, 5) is 2.65. The minimum atomic E-state index is 0.739. The Hall–Kier alpha value is -0.860. The second kappa shape index (κ2) is 7.66. The van der Waals surface area contributed by atoms with Gasteiger partial charge in [-0.15, -0.1) is 0 Å². The quantitative estimate of drug-likeness (QED) is 0.850. The average Bonchev–Trinajstić information content (AvgIpc) is 2.48. The van der Waals surface area contributed by atoms with Gasteiger partial charge in [0.05, 0.1) is 0 Å². The summed E-state index contributed by atoms with van der Waals surface area (Å²) < 4.78 is 0. The molecule has 0 saturated heterocycles. The van der Waals surface area contributed by atoms with Crippen LogP contribution >= 0.6 is 0 Å². The second-order valence-corrected chi connectivity index (χ2v) is 5.71. The molecule has 1 aliphatic carbocycles. The van der Waals surface area contributed by atoms with E-state index in [0.717, 1.165) is 32.1 Å². The largest absolute Gasteiger partial charge is 0.330 e. The van der Waals surface area contributed by atoms with E-state index >= 15 is 0 Å². The lowest BCUT2D eigenvalue weighted by atomic mass is 9.94. The fraction of sp³-hybridized carbons (Fsp3) is 0.647. The first-order valence-electron chi connectivity index (χ1n) is 7.85. The Bertz CT molecular complexity index is 352. The highest BCUT2D eigenvalue weighted by atomic mass is 15.1. The summed E-state index contributed by atoms with van der Waals surface area (Å²) in [5.41, 5.74) is 8.38. The van der Waals surface area contributed by atoms with E-state index in [9.17, 15) is 0 Å². The summed E-state index contributed by atoms with van der Waals surface area (Å²) in [6, 6.07) is 9.82. The Morgan fingerprint density at radius 3 is 2.26 bits per heavy atom. The van der Waals surface area contributed by atoms with Crippen molar-refractivity contribution in [1.29, 1.82) is 0 Å². The van der Waals surface area contributed by atoms with Crippen LogP contribution in [0.2, 0.25) is 0 Å². The van der Waals surface area contributed by atoms with Crippen LogP contribution in [-0.2, 0) is 13.0 Å². The summed E-state index contributed by atoms with van der Waals surface area (Å²) in [6.07, 6.45) is 8.02. The Balaban J connectivity index is 1.93. The first-order valence-corrected chi connectivity index (χ1v) is 7.85.